The molecule has 0 unspecified atom stereocenters. The molecule has 0 radical (unpaired) electrons. The number of nitrogens with zero attached hydrogens (tertiary/aromatic N) is 2. The molecule has 2 heterocycles. The molecule has 1 N–H and O–H groups in total. The first-order valence-corrected chi connectivity index (χ1v) is 6.31. The van der Waals surface area contributed by atoms with Crippen LogP contribution in [0.25, 0.3) is 11.3 Å². The molecule has 4 heteroatoms. The van der Waals surface area contributed by atoms with Gasteiger partial charge in [0.2, 0.25) is 0 Å². The summed E-state index contributed by atoms with van der Waals surface area (Å²) < 4.78 is 0. The molecule has 1 aromatic heterocycles. The predicted molar refractivity (Wildman–Crippen MR) is 73.8 cm³/mol. The maximum absolute atomic E-state index is 12.2. The summed E-state index contributed by atoms with van der Waals surface area (Å²) >= 11 is 0. The van der Waals surface area contributed by atoms with Crippen LogP contribution >= 0.6 is 0 Å². The van der Waals surface area contributed by atoms with Gasteiger partial charge in [-0.05, 0) is 13.0 Å². The summed E-state index contributed by atoms with van der Waals surface area (Å²) in [5.74, 6) is -0.00383. The van der Waals surface area contributed by atoms with E-state index in [1.807, 2.05) is 49.4 Å². The second-order valence-corrected chi connectivity index (χ2v) is 4.71. The molecule has 96 valence electrons. The first kappa shape index (κ1) is 11.7. The maximum Gasteiger partial charge on any atom is 0.272 e. The molecule has 0 atom stereocenters. The van der Waals surface area contributed by atoms with E-state index >= 15 is 0 Å². The summed E-state index contributed by atoms with van der Waals surface area (Å²) in [6.45, 7) is 3.40. The second-order valence-electron chi connectivity index (χ2n) is 4.71. The van der Waals surface area contributed by atoms with Crippen LogP contribution < -0.4 is 0 Å². The molecule has 0 bridgehead atoms. The van der Waals surface area contributed by atoms with Crippen molar-refractivity contribution in [1.82, 2.24) is 15.1 Å². The first-order valence-electron chi connectivity index (χ1n) is 6.31. The monoisotopic (exact) mass is 253 g/mol. The van der Waals surface area contributed by atoms with Crippen LogP contribution in [0.3, 0.4) is 0 Å². The lowest BCUT2D eigenvalue weighted by atomic mass is 10.1. The minimum Gasteiger partial charge on any atom is -0.330 e. The normalized spacial score (nSPS) is 14.1. The van der Waals surface area contributed by atoms with Crippen LogP contribution in [0.1, 0.15) is 16.1 Å². The summed E-state index contributed by atoms with van der Waals surface area (Å²) in [5, 5.41) is 7.04. The van der Waals surface area contributed by atoms with Crippen LogP contribution in [-0.4, -0.2) is 34.1 Å². The molecule has 0 saturated carbocycles. The smallest absolute Gasteiger partial charge is 0.272 e. The van der Waals surface area contributed by atoms with Gasteiger partial charge in [0.05, 0.1) is 5.69 Å². The Balaban J connectivity index is 1.83. The Bertz CT molecular complexity index is 617. The quantitative estimate of drug-likeness (QED) is 0.835. The predicted octanol–water partition coefficient (Wildman–Crippen LogP) is 2.40. The highest BCUT2D eigenvalue weighted by atomic mass is 16.2. The first-order chi connectivity index (χ1) is 9.24. The van der Waals surface area contributed by atoms with Crippen LogP contribution in [0, 0.1) is 6.92 Å². The SMILES string of the molecule is Cc1ccc(-c2cc(C(=O)N3CC=CC3)[nH]n2)cc1. The van der Waals surface area contributed by atoms with E-state index in [0.717, 1.165) is 11.3 Å². The van der Waals surface area contributed by atoms with E-state index in [1.165, 1.54) is 5.56 Å². The van der Waals surface area contributed by atoms with Crippen molar-refractivity contribution in [1.29, 1.82) is 0 Å². The summed E-state index contributed by atoms with van der Waals surface area (Å²) in [6, 6.07) is 9.91. The van der Waals surface area contributed by atoms with Gasteiger partial charge in [-0.15, -0.1) is 0 Å². The number of hydrogen-bond acceptors (Lipinski definition) is 2. The largest absolute Gasteiger partial charge is 0.330 e. The minimum atomic E-state index is -0.00383. The van der Waals surface area contributed by atoms with Gasteiger partial charge in [0.1, 0.15) is 5.69 Å². The summed E-state index contributed by atoms with van der Waals surface area (Å²) in [5.41, 5.74) is 3.56. The fraction of sp³-hybridized carbons (Fsp3) is 0.200. The molecular weight excluding hydrogens is 238 g/mol. The lowest BCUT2D eigenvalue weighted by Gasteiger charge is -2.13. The van der Waals surface area contributed by atoms with Gasteiger partial charge in [0.25, 0.3) is 5.91 Å². The third kappa shape index (κ3) is 2.29. The number of rotatable bonds is 2. The average Bonchev–Trinajstić information content (AvgIpc) is 3.10. The van der Waals surface area contributed by atoms with Gasteiger partial charge >= 0.3 is 0 Å². The molecule has 1 amide bonds. The molecule has 0 fully saturated rings. The highest BCUT2D eigenvalue weighted by molar-refractivity contribution is 5.93. The van der Waals surface area contributed by atoms with E-state index in [-0.39, 0.29) is 5.91 Å². The van der Waals surface area contributed by atoms with Crippen molar-refractivity contribution in [3.05, 3.63) is 53.7 Å². The molecule has 0 saturated heterocycles. The Morgan fingerprint density at radius 3 is 2.58 bits per heavy atom. The van der Waals surface area contributed by atoms with Crippen molar-refractivity contribution < 1.29 is 4.79 Å². The highest BCUT2D eigenvalue weighted by Crippen LogP contribution is 2.19. The molecule has 1 aliphatic heterocycles. The van der Waals surface area contributed by atoms with E-state index in [9.17, 15) is 4.79 Å². The number of aryl methyl sites for hydroxylation is 1. The third-order valence-electron chi connectivity index (χ3n) is 3.26. The Hall–Kier alpha value is -2.36. The van der Waals surface area contributed by atoms with Crippen molar-refractivity contribution >= 4 is 5.91 Å². The van der Waals surface area contributed by atoms with Crippen molar-refractivity contribution in [2.75, 3.05) is 13.1 Å². The average molecular weight is 253 g/mol. The number of benzene rings is 1. The lowest BCUT2D eigenvalue weighted by molar-refractivity contribution is 0.0794. The fourth-order valence-electron chi connectivity index (χ4n) is 2.12. The molecule has 1 aliphatic rings. The molecule has 2 aromatic rings. The highest BCUT2D eigenvalue weighted by Gasteiger charge is 2.18. The zero-order valence-electron chi connectivity index (χ0n) is 10.8. The minimum absolute atomic E-state index is 0.00383. The van der Waals surface area contributed by atoms with Gasteiger partial charge < -0.3 is 4.90 Å². The van der Waals surface area contributed by atoms with Crippen molar-refractivity contribution in [2.24, 2.45) is 0 Å². The number of nitrogens with one attached hydrogen (secondary N) is 1. The molecule has 3 rings (SSSR count). The summed E-state index contributed by atoms with van der Waals surface area (Å²) in [4.78, 5) is 13.9. The van der Waals surface area contributed by atoms with E-state index in [4.69, 9.17) is 0 Å². The number of hydrogen-bond donors (Lipinski definition) is 1. The Kier molecular flexibility index (Phi) is 2.91. The Morgan fingerprint density at radius 1 is 1.21 bits per heavy atom. The summed E-state index contributed by atoms with van der Waals surface area (Å²) in [6.07, 6.45) is 3.99. The molecule has 1 aromatic carbocycles. The lowest BCUT2D eigenvalue weighted by Crippen LogP contribution is -2.28. The van der Waals surface area contributed by atoms with E-state index in [2.05, 4.69) is 10.2 Å². The number of aromatic nitrogens is 2. The fourth-order valence-corrected chi connectivity index (χ4v) is 2.12. The van der Waals surface area contributed by atoms with Crippen LogP contribution in [-0.2, 0) is 0 Å². The number of carbonyl (C=O) groups excluding carboxylic acids is 1. The zero-order valence-corrected chi connectivity index (χ0v) is 10.8. The third-order valence-corrected chi connectivity index (χ3v) is 3.26. The molecule has 19 heavy (non-hydrogen) atoms. The molecule has 0 aliphatic carbocycles. The van der Waals surface area contributed by atoms with Crippen LogP contribution in [0.5, 0.6) is 0 Å². The topological polar surface area (TPSA) is 49.0 Å². The number of carbonyl (C=O) groups is 1. The number of amides is 1. The van der Waals surface area contributed by atoms with Gasteiger partial charge in [-0.3, -0.25) is 9.89 Å². The maximum atomic E-state index is 12.2. The van der Waals surface area contributed by atoms with E-state index in [0.29, 0.717) is 18.8 Å². The Labute approximate surface area is 111 Å². The Morgan fingerprint density at radius 2 is 1.89 bits per heavy atom. The standard InChI is InChI=1S/C15H15N3O/c1-11-4-6-12(7-5-11)13-10-14(17-16-13)15(19)18-8-2-3-9-18/h2-7,10H,8-9H2,1H3,(H,16,17). The zero-order chi connectivity index (χ0) is 13.2. The molecule has 0 spiro atoms. The van der Waals surface area contributed by atoms with E-state index < -0.39 is 0 Å². The van der Waals surface area contributed by atoms with Gasteiger partial charge in [0.15, 0.2) is 0 Å². The summed E-state index contributed by atoms with van der Waals surface area (Å²) in [7, 11) is 0. The van der Waals surface area contributed by atoms with Crippen LogP contribution in [0.2, 0.25) is 0 Å². The van der Waals surface area contributed by atoms with Gasteiger partial charge in [-0.1, -0.05) is 42.0 Å². The van der Waals surface area contributed by atoms with Crippen LogP contribution in [0.4, 0.5) is 0 Å². The van der Waals surface area contributed by atoms with Gasteiger partial charge in [-0.2, -0.15) is 5.10 Å². The molecule has 4 nitrogen and oxygen atoms in total. The van der Waals surface area contributed by atoms with Crippen molar-refractivity contribution in [2.45, 2.75) is 6.92 Å². The number of aromatic amines is 1. The van der Waals surface area contributed by atoms with Crippen LogP contribution in [0.15, 0.2) is 42.5 Å². The van der Waals surface area contributed by atoms with Gasteiger partial charge in [0, 0.05) is 18.7 Å². The van der Waals surface area contributed by atoms with Gasteiger partial charge in [-0.25, -0.2) is 0 Å². The van der Waals surface area contributed by atoms with Crippen molar-refractivity contribution in [3.8, 4) is 11.3 Å². The second kappa shape index (κ2) is 4.72. The van der Waals surface area contributed by atoms with Crippen molar-refractivity contribution in [3.63, 3.8) is 0 Å². The molecular formula is C15H15N3O. The number of H-pyrrole nitrogens is 1. The van der Waals surface area contributed by atoms with E-state index in [1.54, 1.807) is 4.90 Å².